The van der Waals surface area contributed by atoms with E-state index in [1.54, 1.807) is 12.1 Å². The molecule has 0 fully saturated rings. The second-order valence-electron chi connectivity index (χ2n) is 6.40. The van der Waals surface area contributed by atoms with Crippen LogP contribution in [0.5, 0.6) is 0 Å². The molecule has 0 heterocycles. The number of likely N-dealkylation sites (N-methyl/N-ethyl adjacent to an activating group) is 1. The minimum atomic E-state index is -0.0795. The van der Waals surface area contributed by atoms with E-state index in [1.807, 2.05) is 50.5 Å². The molecule has 1 amide bonds. The summed E-state index contributed by atoms with van der Waals surface area (Å²) in [5, 5.41) is 2.96. The molecule has 0 spiro atoms. The summed E-state index contributed by atoms with van der Waals surface area (Å²) in [7, 11) is 4.03. The number of Topliss-reactive ketones (excluding diaryl/α,β-unsaturated/α-hetero) is 1. The van der Waals surface area contributed by atoms with Crippen LogP contribution in [0.25, 0.3) is 0 Å². The number of benzene rings is 2. The number of ketones is 1. The highest BCUT2D eigenvalue weighted by molar-refractivity contribution is 5.97. The number of nitrogens with zero attached hydrogens (tertiary/aromatic N) is 1. The Morgan fingerprint density at radius 3 is 2.12 bits per heavy atom. The van der Waals surface area contributed by atoms with Crippen molar-refractivity contribution >= 4 is 11.7 Å². The van der Waals surface area contributed by atoms with Crippen LogP contribution >= 0.6 is 0 Å². The van der Waals surface area contributed by atoms with E-state index in [9.17, 15) is 9.59 Å². The SMILES string of the molecule is CN(C)C(CNC(=O)CCC(=O)c1ccccc1)Cc1ccccc1. The lowest BCUT2D eigenvalue weighted by Crippen LogP contribution is -2.41. The van der Waals surface area contributed by atoms with E-state index in [0.717, 1.165) is 6.42 Å². The molecule has 4 heteroatoms. The van der Waals surface area contributed by atoms with Gasteiger partial charge in [-0.2, -0.15) is 0 Å². The van der Waals surface area contributed by atoms with Gasteiger partial charge in [0.2, 0.25) is 5.91 Å². The predicted octanol–water partition coefficient (Wildman–Crippen LogP) is 2.94. The van der Waals surface area contributed by atoms with Gasteiger partial charge in [0.15, 0.2) is 5.78 Å². The van der Waals surface area contributed by atoms with Gasteiger partial charge in [-0.05, 0) is 26.1 Å². The predicted molar refractivity (Wildman–Crippen MR) is 101 cm³/mol. The average molecular weight is 338 g/mol. The Morgan fingerprint density at radius 1 is 0.920 bits per heavy atom. The minimum absolute atomic E-state index is 0.00388. The van der Waals surface area contributed by atoms with Gasteiger partial charge < -0.3 is 10.2 Å². The van der Waals surface area contributed by atoms with Gasteiger partial charge in [0.1, 0.15) is 0 Å². The third-order valence-corrected chi connectivity index (χ3v) is 4.25. The van der Waals surface area contributed by atoms with Gasteiger partial charge in [0, 0.05) is 31.0 Å². The summed E-state index contributed by atoms with van der Waals surface area (Å²) >= 11 is 0. The molecule has 0 bridgehead atoms. The van der Waals surface area contributed by atoms with Crippen LogP contribution in [-0.4, -0.2) is 43.3 Å². The van der Waals surface area contributed by atoms with Gasteiger partial charge in [-0.3, -0.25) is 9.59 Å². The fourth-order valence-electron chi connectivity index (χ4n) is 2.64. The summed E-state index contributed by atoms with van der Waals surface area (Å²) in [6.07, 6.45) is 1.33. The Bertz CT molecular complexity index is 669. The standard InChI is InChI=1S/C21H26N2O2/c1-23(2)19(15-17-9-5-3-6-10-17)16-22-21(25)14-13-20(24)18-11-7-4-8-12-18/h3-12,19H,13-16H2,1-2H3,(H,22,25). The van der Waals surface area contributed by atoms with Crippen LogP contribution in [-0.2, 0) is 11.2 Å². The molecular weight excluding hydrogens is 312 g/mol. The number of hydrogen-bond acceptors (Lipinski definition) is 3. The van der Waals surface area contributed by atoms with Gasteiger partial charge in [0.05, 0.1) is 0 Å². The Morgan fingerprint density at radius 2 is 1.52 bits per heavy atom. The van der Waals surface area contributed by atoms with Crippen LogP contribution in [0, 0.1) is 0 Å². The molecule has 0 saturated heterocycles. The molecule has 4 nitrogen and oxygen atoms in total. The van der Waals surface area contributed by atoms with Gasteiger partial charge >= 0.3 is 0 Å². The number of carbonyl (C=O) groups is 2. The third kappa shape index (κ3) is 6.51. The summed E-state index contributed by atoms with van der Waals surface area (Å²) in [5.74, 6) is -0.0756. The van der Waals surface area contributed by atoms with Gasteiger partial charge in [-0.1, -0.05) is 60.7 Å². The smallest absolute Gasteiger partial charge is 0.220 e. The van der Waals surface area contributed by atoms with Gasteiger partial charge in [-0.25, -0.2) is 0 Å². The fraction of sp³-hybridized carbons (Fsp3) is 0.333. The second kappa shape index (κ2) is 9.74. The number of rotatable bonds is 9. The number of nitrogens with one attached hydrogen (secondary N) is 1. The van der Waals surface area contributed by atoms with Crippen molar-refractivity contribution in [1.29, 1.82) is 0 Å². The van der Waals surface area contributed by atoms with E-state index in [-0.39, 0.29) is 30.6 Å². The first-order valence-corrected chi connectivity index (χ1v) is 8.61. The Labute approximate surface area is 149 Å². The number of amides is 1. The number of carbonyl (C=O) groups excluding carboxylic acids is 2. The molecule has 1 N–H and O–H groups in total. The van der Waals surface area contributed by atoms with Crippen molar-refractivity contribution in [3.63, 3.8) is 0 Å². The van der Waals surface area contributed by atoms with Crippen LogP contribution in [0.3, 0.4) is 0 Å². The minimum Gasteiger partial charge on any atom is -0.355 e. The number of hydrogen-bond donors (Lipinski definition) is 1. The first kappa shape index (κ1) is 18.9. The van der Waals surface area contributed by atoms with E-state index < -0.39 is 0 Å². The lowest BCUT2D eigenvalue weighted by Gasteiger charge is -2.24. The molecule has 25 heavy (non-hydrogen) atoms. The highest BCUT2D eigenvalue weighted by atomic mass is 16.2. The van der Waals surface area contributed by atoms with Crippen LogP contribution in [0.1, 0.15) is 28.8 Å². The lowest BCUT2D eigenvalue weighted by molar-refractivity contribution is -0.121. The molecule has 0 saturated carbocycles. The van der Waals surface area contributed by atoms with E-state index in [4.69, 9.17) is 0 Å². The Kier molecular flexibility index (Phi) is 7.36. The average Bonchev–Trinajstić information content (AvgIpc) is 2.64. The summed E-state index contributed by atoms with van der Waals surface area (Å²) in [4.78, 5) is 26.2. The highest BCUT2D eigenvalue weighted by Gasteiger charge is 2.14. The molecule has 132 valence electrons. The van der Waals surface area contributed by atoms with Crippen LogP contribution in [0.4, 0.5) is 0 Å². The van der Waals surface area contributed by atoms with Crippen molar-refractivity contribution in [1.82, 2.24) is 10.2 Å². The van der Waals surface area contributed by atoms with Gasteiger partial charge in [-0.15, -0.1) is 0 Å². The van der Waals surface area contributed by atoms with Crippen molar-refractivity contribution in [2.24, 2.45) is 0 Å². The van der Waals surface area contributed by atoms with E-state index in [2.05, 4.69) is 22.3 Å². The second-order valence-corrected chi connectivity index (χ2v) is 6.40. The first-order valence-electron chi connectivity index (χ1n) is 8.61. The normalized spacial score (nSPS) is 12.0. The maximum Gasteiger partial charge on any atom is 0.220 e. The first-order chi connectivity index (χ1) is 12.1. The van der Waals surface area contributed by atoms with Crippen LogP contribution in [0.2, 0.25) is 0 Å². The van der Waals surface area contributed by atoms with Crippen molar-refractivity contribution in [3.05, 3.63) is 71.8 Å². The molecular formula is C21H26N2O2. The maximum absolute atomic E-state index is 12.1. The quantitative estimate of drug-likeness (QED) is 0.715. The monoisotopic (exact) mass is 338 g/mol. The largest absolute Gasteiger partial charge is 0.355 e. The van der Waals surface area contributed by atoms with Crippen LogP contribution < -0.4 is 5.32 Å². The molecule has 0 aliphatic carbocycles. The third-order valence-electron chi connectivity index (χ3n) is 4.25. The van der Waals surface area contributed by atoms with E-state index in [0.29, 0.717) is 12.1 Å². The summed E-state index contributed by atoms with van der Waals surface area (Å²) < 4.78 is 0. The van der Waals surface area contributed by atoms with Crippen molar-refractivity contribution in [2.75, 3.05) is 20.6 Å². The fourth-order valence-corrected chi connectivity index (χ4v) is 2.64. The highest BCUT2D eigenvalue weighted by Crippen LogP contribution is 2.07. The van der Waals surface area contributed by atoms with E-state index >= 15 is 0 Å². The summed E-state index contributed by atoms with van der Waals surface area (Å²) in [6, 6.07) is 19.6. The molecule has 2 aromatic carbocycles. The van der Waals surface area contributed by atoms with E-state index in [1.165, 1.54) is 5.56 Å². The molecule has 2 rings (SSSR count). The Hall–Kier alpha value is -2.46. The summed E-state index contributed by atoms with van der Waals surface area (Å²) in [6.45, 7) is 0.570. The summed E-state index contributed by atoms with van der Waals surface area (Å²) in [5.41, 5.74) is 1.90. The Balaban J connectivity index is 1.78. The molecule has 2 aromatic rings. The molecule has 0 aromatic heterocycles. The molecule has 0 aliphatic heterocycles. The molecule has 1 unspecified atom stereocenters. The zero-order valence-corrected chi connectivity index (χ0v) is 14.9. The maximum atomic E-state index is 12.1. The zero-order valence-electron chi connectivity index (χ0n) is 14.9. The van der Waals surface area contributed by atoms with Gasteiger partial charge in [0.25, 0.3) is 0 Å². The van der Waals surface area contributed by atoms with Crippen molar-refractivity contribution in [3.8, 4) is 0 Å². The van der Waals surface area contributed by atoms with Crippen molar-refractivity contribution < 1.29 is 9.59 Å². The lowest BCUT2D eigenvalue weighted by atomic mass is 10.0. The topological polar surface area (TPSA) is 49.4 Å². The molecule has 1 atom stereocenters. The molecule has 0 radical (unpaired) electrons. The van der Waals surface area contributed by atoms with Crippen LogP contribution in [0.15, 0.2) is 60.7 Å². The van der Waals surface area contributed by atoms with Crippen molar-refractivity contribution in [2.45, 2.75) is 25.3 Å². The molecule has 0 aliphatic rings. The zero-order chi connectivity index (χ0) is 18.1.